The summed E-state index contributed by atoms with van der Waals surface area (Å²) in [4.78, 5) is 41.5. The number of nitrogens with zero attached hydrogens (tertiary/aromatic N) is 1. The maximum absolute atomic E-state index is 13.6. The lowest BCUT2D eigenvalue weighted by atomic mass is 9.70. The Bertz CT molecular complexity index is 641. The molecule has 164 valence electrons. The van der Waals surface area contributed by atoms with Crippen molar-refractivity contribution in [2.45, 2.75) is 81.4 Å². The van der Waals surface area contributed by atoms with Crippen LogP contribution >= 0.6 is 11.8 Å². The van der Waals surface area contributed by atoms with Gasteiger partial charge in [0.05, 0.1) is 29.2 Å². The van der Waals surface area contributed by atoms with Crippen LogP contribution < -0.4 is 10.6 Å². The largest absolute Gasteiger partial charge is 0.394 e. The zero-order chi connectivity index (χ0) is 21.2. The number of aliphatic hydroxyl groups is 1. The van der Waals surface area contributed by atoms with Gasteiger partial charge in [0.15, 0.2) is 0 Å². The number of aliphatic hydroxyl groups excluding tert-OH is 1. The molecule has 0 radical (unpaired) electrons. The highest BCUT2D eigenvalue weighted by molar-refractivity contribution is 8.02. The number of carbonyl (C=O) groups is 3. The maximum atomic E-state index is 13.6. The third-order valence-electron chi connectivity index (χ3n) is 6.74. The summed E-state index contributed by atoms with van der Waals surface area (Å²) in [5, 5.41) is 16.0. The molecule has 3 heterocycles. The Hall–Kier alpha value is -1.28. The van der Waals surface area contributed by atoms with E-state index in [-0.39, 0.29) is 35.5 Å². The molecule has 3 aliphatic heterocycles. The number of likely N-dealkylation sites (tertiary alicyclic amines) is 1. The minimum absolute atomic E-state index is 0.0617. The van der Waals surface area contributed by atoms with E-state index >= 15 is 0 Å². The van der Waals surface area contributed by atoms with Gasteiger partial charge < -0.3 is 20.6 Å². The Morgan fingerprint density at radius 2 is 1.93 bits per heavy atom. The Morgan fingerprint density at radius 3 is 2.55 bits per heavy atom. The van der Waals surface area contributed by atoms with Crippen molar-refractivity contribution in [3.05, 3.63) is 0 Å². The lowest BCUT2D eigenvalue weighted by Gasteiger charge is -2.36. The summed E-state index contributed by atoms with van der Waals surface area (Å²) >= 11 is 1.68. The van der Waals surface area contributed by atoms with Crippen LogP contribution in [-0.4, -0.2) is 69.5 Å². The lowest BCUT2D eigenvalue weighted by molar-refractivity contribution is -0.142. The first-order valence-corrected chi connectivity index (χ1v) is 12.0. The SMILES string of the molecule is CCCCNC(=O)C1N([C@@H](CC)CO)C(=O)[C@@H]2[C@@H](C(=O)NCCC)[C@H]3CCC12S3. The number of rotatable bonds is 10. The number of hydrogen-bond donors (Lipinski definition) is 3. The minimum Gasteiger partial charge on any atom is -0.394 e. The van der Waals surface area contributed by atoms with Gasteiger partial charge in [-0.15, -0.1) is 11.8 Å². The van der Waals surface area contributed by atoms with Crippen molar-refractivity contribution in [2.24, 2.45) is 11.8 Å². The predicted molar refractivity (Wildman–Crippen MR) is 113 cm³/mol. The van der Waals surface area contributed by atoms with Gasteiger partial charge in [0, 0.05) is 18.3 Å². The van der Waals surface area contributed by atoms with Gasteiger partial charge in [-0.1, -0.05) is 27.2 Å². The van der Waals surface area contributed by atoms with E-state index in [9.17, 15) is 19.5 Å². The number of carbonyl (C=O) groups excluding carboxylic acids is 3. The summed E-state index contributed by atoms with van der Waals surface area (Å²) in [6, 6.07) is -1.02. The lowest BCUT2D eigenvalue weighted by Crippen LogP contribution is -2.56. The molecule has 3 fully saturated rings. The number of hydrogen-bond acceptors (Lipinski definition) is 5. The van der Waals surface area contributed by atoms with Gasteiger partial charge in [0.1, 0.15) is 6.04 Å². The van der Waals surface area contributed by atoms with E-state index in [1.54, 1.807) is 16.7 Å². The molecule has 29 heavy (non-hydrogen) atoms. The fraction of sp³-hybridized carbons (Fsp3) is 0.857. The number of thioether (sulfide) groups is 1. The van der Waals surface area contributed by atoms with Crippen molar-refractivity contribution in [3.8, 4) is 0 Å². The molecule has 2 unspecified atom stereocenters. The zero-order valence-corrected chi connectivity index (χ0v) is 18.6. The van der Waals surface area contributed by atoms with E-state index < -0.39 is 22.7 Å². The molecule has 0 aromatic heterocycles. The molecule has 8 heteroatoms. The molecule has 3 amide bonds. The van der Waals surface area contributed by atoms with E-state index in [4.69, 9.17) is 0 Å². The van der Waals surface area contributed by atoms with E-state index in [0.29, 0.717) is 19.5 Å². The summed E-state index contributed by atoms with van der Waals surface area (Å²) in [6.07, 6.45) is 4.90. The summed E-state index contributed by atoms with van der Waals surface area (Å²) in [6.45, 7) is 6.99. The third-order valence-corrected chi connectivity index (χ3v) is 8.70. The highest BCUT2D eigenvalue weighted by Crippen LogP contribution is 2.66. The second kappa shape index (κ2) is 9.25. The fourth-order valence-electron chi connectivity index (χ4n) is 5.35. The summed E-state index contributed by atoms with van der Waals surface area (Å²) in [7, 11) is 0. The van der Waals surface area contributed by atoms with Crippen LogP contribution in [0.15, 0.2) is 0 Å². The maximum Gasteiger partial charge on any atom is 0.244 e. The van der Waals surface area contributed by atoms with Crippen molar-refractivity contribution >= 4 is 29.5 Å². The van der Waals surface area contributed by atoms with E-state index in [2.05, 4.69) is 17.6 Å². The number of fused-ring (bicyclic) bond motifs is 1. The smallest absolute Gasteiger partial charge is 0.244 e. The van der Waals surface area contributed by atoms with Crippen LogP contribution in [0.4, 0.5) is 0 Å². The summed E-state index contributed by atoms with van der Waals surface area (Å²) in [5.74, 6) is -1.20. The predicted octanol–water partition coefficient (Wildman–Crippen LogP) is 1.29. The Kier molecular flexibility index (Phi) is 7.14. The molecule has 3 saturated heterocycles. The van der Waals surface area contributed by atoms with Crippen LogP contribution in [0.5, 0.6) is 0 Å². The van der Waals surface area contributed by atoms with Crippen LogP contribution in [-0.2, 0) is 14.4 Å². The normalized spacial score (nSPS) is 33.7. The van der Waals surface area contributed by atoms with Gasteiger partial charge in [-0.25, -0.2) is 0 Å². The fourth-order valence-corrected chi connectivity index (χ4v) is 7.55. The second-order valence-corrected chi connectivity index (χ2v) is 10.1. The van der Waals surface area contributed by atoms with Crippen molar-refractivity contribution in [1.29, 1.82) is 0 Å². The van der Waals surface area contributed by atoms with Crippen molar-refractivity contribution in [2.75, 3.05) is 19.7 Å². The molecule has 2 bridgehead atoms. The van der Waals surface area contributed by atoms with E-state index in [0.717, 1.165) is 32.1 Å². The number of unbranched alkanes of at least 4 members (excludes halogenated alkanes) is 1. The Balaban J connectivity index is 1.94. The Labute approximate surface area is 177 Å². The third kappa shape index (κ3) is 3.67. The highest BCUT2D eigenvalue weighted by atomic mass is 32.2. The molecule has 0 aromatic carbocycles. The first-order valence-electron chi connectivity index (χ1n) is 11.1. The van der Waals surface area contributed by atoms with Gasteiger partial charge in [0.2, 0.25) is 17.7 Å². The standard InChI is InChI=1S/C21H35N3O4S/c1-4-7-11-23-19(27)17-21-9-8-14(29-21)15(18(26)22-10-5-2)16(21)20(28)24(17)13(6-3)12-25/h13-17,25H,4-12H2,1-3H3,(H,22,26)(H,23,27)/t13-,14+,15-,16-,17?,21?/m0/s1. The average Bonchev–Trinajstić information content (AvgIpc) is 3.35. The summed E-state index contributed by atoms with van der Waals surface area (Å²) in [5.41, 5.74) is 0. The van der Waals surface area contributed by atoms with Crippen molar-refractivity contribution in [3.63, 3.8) is 0 Å². The van der Waals surface area contributed by atoms with Crippen LogP contribution in [0.2, 0.25) is 0 Å². The molecule has 3 aliphatic rings. The second-order valence-electron chi connectivity index (χ2n) is 8.48. The van der Waals surface area contributed by atoms with Gasteiger partial charge in [-0.05, 0) is 32.1 Å². The quantitative estimate of drug-likeness (QED) is 0.458. The molecule has 1 spiro atoms. The van der Waals surface area contributed by atoms with Gasteiger partial charge >= 0.3 is 0 Å². The first kappa shape index (κ1) is 22.4. The van der Waals surface area contributed by atoms with Crippen LogP contribution in [0.25, 0.3) is 0 Å². The molecular formula is C21H35N3O4S. The summed E-state index contributed by atoms with van der Waals surface area (Å²) < 4.78 is -0.561. The average molecular weight is 426 g/mol. The molecule has 7 nitrogen and oxygen atoms in total. The van der Waals surface area contributed by atoms with Gasteiger partial charge in [-0.3, -0.25) is 14.4 Å². The molecule has 3 rings (SSSR count). The molecule has 3 N–H and O–H groups in total. The van der Waals surface area contributed by atoms with Crippen LogP contribution in [0.1, 0.15) is 59.3 Å². The molecule has 0 saturated carbocycles. The first-order chi connectivity index (χ1) is 14.0. The van der Waals surface area contributed by atoms with Gasteiger partial charge in [0.25, 0.3) is 0 Å². The monoisotopic (exact) mass is 425 g/mol. The number of nitrogens with one attached hydrogen (secondary N) is 2. The molecule has 6 atom stereocenters. The minimum atomic E-state index is -0.618. The zero-order valence-electron chi connectivity index (χ0n) is 17.8. The van der Waals surface area contributed by atoms with E-state index in [1.807, 2.05) is 13.8 Å². The highest BCUT2D eigenvalue weighted by Gasteiger charge is 2.74. The molecular weight excluding hydrogens is 390 g/mol. The van der Waals surface area contributed by atoms with Crippen LogP contribution in [0.3, 0.4) is 0 Å². The van der Waals surface area contributed by atoms with Crippen molar-refractivity contribution in [1.82, 2.24) is 15.5 Å². The topological polar surface area (TPSA) is 98.7 Å². The number of amides is 3. The molecule has 0 aromatic rings. The van der Waals surface area contributed by atoms with Crippen molar-refractivity contribution < 1.29 is 19.5 Å². The molecule has 0 aliphatic carbocycles. The Morgan fingerprint density at radius 1 is 1.21 bits per heavy atom. The van der Waals surface area contributed by atoms with E-state index in [1.165, 1.54) is 0 Å². The van der Waals surface area contributed by atoms with Crippen LogP contribution in [0, 0.1) is 11.8 Å². The van der Waals surface area contributed by atoms with Gasteiger partial charge in [-0.2, -0.15) is 0 Å².